The highest BCUT2D eigenvalue weighted by Crippen LogP contribution is 2.26. The molecule has 0 aliphatic heterocycles. The molecule has 104 valence electrons. The number of halogens is 3. The summed E-state index contributed by atoms with van der Waals surface area (Å²) in [5, 5.41) is 9.73. The predicted molar refractivity (Wildman–Crippen MR) is 65.2 cm³/mol. The fourth-order valence-electron chi connectivity index (χ4n) is 1.69. The zero-order valence-electron chi connectivity index (χ0n) is 10.4. The van der Waals surface area contributed by atoms with E-state index in [1.165, 1.54) is 13.2 Å². The van der Waals surface area contributed by atoms with Crippen LogP contribution in [0.1, 0.15) is 6.92 Å². The van der Waals surface area contributed by atoms with Gasteiger partial charge < -0.3 is 10.2 Å². The molecule has 2 heterocycles. The van der Waals surface area contributed by atoms with Crippen molar-refractivity contribution < 1.29 is 13.2 Å². The van der Waals surface area contributed by atoms with Gasteiger partial charge in [-0.3, -0.25) is 5.10 Å². The van der Waals surface area contributed by atoms with Crippen LogP contribution in [0.4, 0.5) is 24.9 Å². The Hall–Kier alpha value is -2.06. The van der Waals surface area contributed by atoms with Gasteiger partial charge in [-0.1, -0.05) is 0 Å². The largest absolute Gasteiger partial charge is 0.405 e. The minimum absolute atomic E-state index is 0.187. The lowest BCUT2D eigenvalue weighted by atomic mass is 10.3. The van der Waals surface area contributed by atoms with Crippen LogP contribution in [0.3, 0.4) is 0 Å². The van der Waals surface area contributed by atoms with Gasteiger partial charge in [-0.05, 0) is 6.92 Å². The molecular weight excluding hydrogens is 261 g/mol. The van der Waals surface area contributed by atoms with Gasteiger partial charge >= 0.3 is 6.18 Å². The molecule has 2 aromatic heterocycles. The average molecular weight is 274 g/mol. The molecule has 0 aliphatic rings. The smallest absolute Gasteiger partial charge is 0.354 e. The summed E-state index contributed by atoms with van der Waals surface area (Å²) in [7, 11) is 1.33. The van der Waals surface area contributed by atoms with E-state index < -0.39 is 12.7 Å². The fraction of sp³-hybridized carbons (Fsp3) is 0.500. The number of nitrogens with zero attached hydrogens (tertiary/aromatic N) is 4. The summed E-state index contributed by atoms with van der Waals surface area (Å²) < 4.78 is 37.3. The van der Waals surface area contributed by atoms with Crippen LogP contribution in [0.15, 0.2) is 6.20 Å². The van der Waals surface area contributed by atoms with Gasteiger partial charge in [0.25, 0.3) is 0 Å². The third kappa shape index (κ3) is 3.04. The van der Waals surface area contributed by atoms with Gasteiger partial charge in [0.1, 0.15) is 12.4 Å². The van der Waals surface area contributed by atoms with E-state index in [1.807, 2.05) is 6.92 Å². The van der Waals surface area contributed by atoms with Gasteiger partial charge in [0.2, 0.25) is 5.95 Å². The highest BCUT2D eigenvalue weighted by Gasteiger charge is 2.30. The molecule has 0 unspecified atom stereocenters. The molecule has 0 amide bonds. The van der Waals surface area contributed by atoms with Crippen LogP contribution in [0.5, 0.6) is 0 Å². The second-order valence-electron chi connectivity index (χ2n) is 4.00. The molecule has 2 N–H and O–H groups in total. The minimum atomic E-state index is -4.30. The number of nitrogens with one attached hydrogen (secondary N) is 2. The summed E-state index contributed by atoms with van der Waals surface area (Å²) in [5.74, 6) is 0.454. The first kappa shape index (κ1) is 13.4. The maximum atomic E-state index is 12.4. The van der Waals surface area contributed by atoms with Crippen molar-refractivity contribution in [3.63, 3.8) is 0 Å². The van der Waals surface area contributed by atoms with Crippen molar-refractivity contribution >= 4 is 22.8 Å². The number of fused-ring (bicyclic) bond motifs is 1. The quantitative estimate of drug-likeness (QED) is 0.889. The molecule has 0 spiro atoms. The summed E-state index contributed by atoms with van der Waals surface area (Å²) in [6.45, 7) is 1.33. The normalized spacial score (nSPS) is 11.8. The highest BCUT2D eigenvalue weighted by molar-refractivity contribution is 5.87. The van der Waals surface area contributed by atoms with Crippen LogP contribution in [0.25, 0.3) is 11.0 Å². The molecule has 0 radical (unpaired) electrons. The second kappa shape index (κ2) is 4.90. The first-order valence-corrected chi connectivity index (χ1v) is 5.63. The molecule has 6 nitrogen and oxygen atoms in total. The Labute approximate surface area is 107 Å². The van der Waals surface area contributed by atoms with Gasteiger partial charge in [-0.25, -0.2) is 0 Å². The fourth-order valence-corrected chi connectivity index (χ4v) is 1.69. The summed E-state index contributed by atoms with van der Waals surface area (Å²) in [4.78, 5) is 9.24. The van der Waals surface area contributed by atoms with Crippen LogP contribution < -0.4 is 10.2 Å². The standard InChI is InChI=1S/C10H13F3N6/c1-3-14-9-16-7-6(4-15-18-7)8(17-9)19(2)5-10(11,12)13/h4H,3,5H2,1-2H3,(H2,14,15,16,17,18). The number of anilines is 2. The predicted octanol–water partition coefficient (Wildman–Crippen LogP) is 1.78. The number of rotatable bonds is 4. The Morgan fingerprint density at radius 2 is 2.11 bits per heavy atom. The number of hydrogen-bond acceptors (Lipinski definition) is 5. The van der Waals surface area contributed by atoms with Gasteiger partial charge in [0.05, 0.1) is 11.6 Å². The van der Waals surface area contributed by atoms with Crippen molar-refractivity contribution in [2.75, 3.05) is 30.4 Å². The lowest BCUT2D eigenvalue weighted by molar-refractivity contribution is -0.119. The number of aromatic amines is 1. The molecular formula is C10H13F3N6. The Kier molecular flexibility index (Phi) is 3.45. The van der Waals surface area contributed by atoms with Crippen molar-refractivity contribution in [2.45, 2.75) is 13.1 Å². The molecule has 2 aromatic rings. The van der Waals surface area contributed by atoms with Gasteiger partial charge in [-0.2, -0.15) is 28.2 Å². The van der Waals surface area contributed by atoms with Gasteiger partial charge in [0, 0.05) is 13.6 Å². The van der Waals surface area contributed by atoms with E-state index in [2.05, 4.69) is 25.5 Å². The topological polar surface area (TPSA) is 69.7 Å². The first-order valence-electron chi connectivity index (χ1n) is 5.63. The Balaban J connectivity index is 2.42. The molecule has 0 fully saturated rings. The monoisotopic (exact) mass is 274 g/mol. The third-order valence-electron chi connectivity index (χ3n) is 2.40. The van der Waals surface area contributed by atoms with Crippen molar-refractivity contribution in [3.05, 3.63) is 6.20 Å². The Bertz CT molecular complexity index is 564. The molecule has 0 bridgehead atoms. The number of hydrogen-bond donors (Lipinski definition) is 2. The zero-order valence-corrected chi connectivity index (χ0v) is 10.4. The van der Waals surface area contributed by atoms with E-state index in [0.29, 0.717) is 17.6 Å². The zero-order chi connectivity index (χ0) is 14.0. The second-order valence-corrected chi connectivity index (χ2v) is 4.00. The maximum absolute atomic E-state index is 12.4. The molecule has 2 rings (SSSR count). The van der Waals surface area contributed by atoms with E-state index in [1.54, 1.807) is 0 Å². The van der Waals surface area contributed by atoms with Crippen LogP contribution >= 0.6 is 0 Å². The molecule has 0 saturated carbocycles. The van der Waals surface area contributed by atoms with Crippen molar-refractivity contribution in [2.24, 2.45) is 0 Å². The average Bonchev–Trinajstić information content (AvgIpc) is 2.73. The minimum Gasteiger partial charge on any atom is -0.354 e. The summed E-state index contributed by atoms with van der Waals surface area (Å²) in [5.41, 5.74) is 0.398. The van der Waals surface area contributed by atoms with Crippen molar-refractivity contribution in [1.29, 1.82) is 0 Å². The number of H-pyrrole nitrogens is 1. The van der Waals surface area contributed by atoms with Crippen LogP contribution in [0.2, 0.25) is 0 Å². The maximum Gasteiger partial charge on any atom is 0.405 e. The molecule has 0 atom stereocenters. The van der Waals surface area contributed by atoms with Crippen molar-refractivity contribution in [1.82, 2.24) is 20.2 Å². The van der Waals surface area contributed by atoms with Gasteiger partial charge in [0.15, 0.2) is 5.65 Å². The molecule has 9 heteroatoms. The number of aromatic nitrogens is 4. The van der Waals surface area contributed by atoms with Crippen LogP contribution in [0, 0.1) is 0 Å². The molecule has 0 saturated heterocycles. The lowest BCUT2D eigenvalue weighted by Crippen LogP contribution is -2.31. The van der Waals surface area contributed by atoms with E-state index in [0.717, 1.165) is 4.90 Å². The van der Waals surface area contributed by atoms with Crippen LogP contribution in [-0.4, -0.2) is 46.5 Å². The van der Waals surface area contributed by atoms with E-state index >= 15 is 0 Å². The SMILES string of the molecule is CCNc1nc(N(C)CC(F)(F)F)c2cn[nH]c2n1. The summed E-state index contributed by atoms with van der Waals surface area (Å²) in [6, 6.07) is 0. The summed E-state index contributed by atoms with van der Waals surface area (Å²) in [6.07, 6.45) is -2.89. The van der Waals surface area contributed by atoms with E-state index in [4.69, 9.17) is 0 Å². The summed E-state index contributed by atoms with van der Waals surface area (Å²) >= 11 is 0. The molecule has 19 heavy (non-hydrogen) atoms. The third-order valence-corrected chi connectivity index (χ3v) is 2.40. The lowest BCUT2D eigenvalue weighted by Gasteiger charge is -2.20. The number of alkyl halides is 3. The van der Waals surface area contributed by atoms with Crippen molar-refractivity contribution in [3.8, 4) is 0 Å². The first-order chi connectivity index (χ1) is 8.90. The van der Waals surface area contributed by atoms with E-state index in [9.17, 15) is 13.2 Å². The van der Waals surface area contributed by atoms with Gasteiger partial charge in [-0.15, -0.1) is 0 Å². The Morgan fingerprint density at radius 3 is 2.74 bits per heavy atom. The Morgan fingerprint density at radius 1 is 1.37 bits per heavy atom. The molecule has 0 aliphatic carbocycles. The molecule has 0 aromatic carbocycles. The van der Waals surface area contributed by atoms with Crippen LogP contribution in [-0.2, 0) is 0 Å². The highest BCUT2D eigenvalue weighted by atomic mass is 19.4. The van der Waals surface area contributed by atoms with E-state index in [-0.39, 0.29) is 11.8 Å².